The molecule has 0 aromatic rings. The van der Waals surface area contributed by atoms with Gasteiger partial charge in [-0.25, -0.2) is 0 Å². The van der Waals surface area contributed by atoms with E-state index in [4.69, 9.17) is 0 Å². The van der Waals surface area contributed by atoms with E-state index < -0.39 is 6.04 Å². The molecule has 0 aromatic heterocycles. The summed E-state index contributed by atoms with van der Waals surface area (Å²) in [6.45, 7) is 5.24. The standard InChI is InChI=1S/C13H20N2O2/c1-9(2)5-12-6-10-3-4-13(15(16)17)7-11(10)8-14-12/h3,7,9,12-14H,4-6,8H2,1-2H3. The van der Waals surface area contributed by atoms with Crippen molar-refractivity contribution >= 4 is 0 Å². The number of nitro groups is 1. The van der Waals surface area contributed by atoms with Crippen molar-refractivity contribution in [1.29, 1.82) is 0 Å². The Labute approximate surface area is 102 Å². The maximum Gasteiger partial charge on any atom is 0.235 e. The van der Waals surface area contributed by atoms with Gasteiger partial charge < -0.3 is 5.32 Å². The maximum atomic E-state index is 10.7. The summed E-state index contributed by atoms with van der Waals surface area (Å²) in [7, 11) is 0. The summed E-state index contributed by atoms with van der Waals surface area (Å²) >= 11 is 0. The average Bonchev–Trinajstić information content (AvgIpc) is 2.27. The molecule has 0 aromatic carbocycles. The highest BCUT2D eigenvalue weighted by molar-refractivity contribution is 5.38. The van der Waals surface area contributed by atoms with Gasteiger partial charge in [0.15, 0.2) is 0 Å². The Morgan fingerprint density at radius 2 is 2.29 bits per heavy atom. The zero-order valence-electron chi connectivity index (χ0n) is 10.5. The van der Waals surface area contributed by atoms with Crippen LogP contribution in [0.1, 0.15) is 33.1 Å². The molecule has 0 radical (unpaired) electrons. The van der Waals surface area contributed by atoms with Crippen molar-refractivity contribution in [3.63, 3.8) is 0 Å². The van der Waals surface area contributed by atoms with Gasteiger partial charge in [-0.15, -0.1) is 0 Å². The van der Waals surface area contributed by atoms with Crippen molar-refractivity contribution in [1.82, 2.24) is 5.32 Å². The molecule has 17 heavy (non-hydrogen) atoms. The van der Waals surface area contributed by atoms with E-state index in [0.717, 1.165) is 18.5 Å². The molecule has 1 saturated heterocycles. The third-order valence-electron chi connectivity index (χ3n) is 3.49. The number of hydrogen-bond donors (Lipinski definition) is 1. The predicted octanol–water partition coefficient (Wildman–Crippen LogP) is 2.30. The lowest BCUT2D eigenvalue weighted by molar-refractivity contribution is -0.508. The Bertz CT molecular complexity index is 372. The highest BCUT2D eigenvalue weighted by atomic mass is 16.6. The van der Waals surface area contributed by atoms with Gasteiger partial charge in [-0.05, 0) is 36.0 Å². The first-order valence-corrected chi connectivity index (χ1v) is 6.33. The number of rotatable bonds is 3. The van der Waals surface area contributed by atoms with Gasteiger partial charge in [0, 0.05) is 23.9 Å². The van der Waals surface area contributed by atoms with Crippen LogP contribution in [0.4, 0.5) is 0 Å². The molecule has 1 heterocycles. The van der Waals surface area contributed by atoms with Crippen LogP contribution in [-0.4, -0.2) is 23.6 Å². The second kappa shape index (κ2) is 5.00. The van der Waals surface area contributed by atoms with E-state index in [1.165, 1.54) is 12.0 Å². The Kier molecular flexibility index (Phi) is 3.62. The van der Waals surface area contributed by atoms with Gasteiger partial charge >= 0.3 is 0 Å². The minimum Gasteiger partial charge on any atom is -0.310 e. The van der Waals surface area contributed by atoms with Crippen LogP contribution in [0.5, 0.6) is 0 Å². The van der Waals surface area contributed by atoms with Crippen molar-refractivity contribution in [3.8, 4) is 0 Å². The average molecular weight is 236 g/mol. The molecule has 0 saturated carbocycles. The van der Waals surface area contributed by atoms with E-state index in [1.807, 2.05) is 6.08 Å². The monoisotopic (exact) mass is 236 g/mol. The lowest BCUT2D eigenvalue weighted by atomic mass is 9.85. The number of piperidine rings is 1. The van der Waals surface area contributed by atoms with E-state index in [2.05, 4.69) is 25.2 Å². The third kappa shape index (κ3) is 2.94. The molecule has 1 aliphatic carbocycles. The van der Waals surface area contributed by atoms with Crippen LogP contribution in [0.15, 0.2) is 23.3 Å². The van der Waals surface area contributed by atoms with E-state index in [-0.39, 0.29) is 4.92 Å². The highest BCUT2D eigenvalue weighted by Crippen LogP contribution is 2.28. The molecule has 4 heteroatoms. The van der Waals surface area contributed by atoms with Gasteiger partial charge in [-0.1, -0.05) is 19.9 Å². The highest BCUT2D eigenvalue weighted by Gasteiger charge is 2.27. The summed E-state index contributed by atoms with van der Waals surface area (Å²) in [6.07, 6.45) is 6.64. The van der Waals surface area contributed by atoms with Crippen LogP contribution >= 0.6 is 0 Å². The molecule has 2 rings (SSSR count). The smallest absolute Gasteiger partial charge is 0.235 e. The predicted molar refractivity (Wildman–Crippen MR) is 67.4 cm³/mol. The molecule has 0 amide bonds. The molecule has 1 aliphatic heterocycles. The quantitative estimate of drug-likeness (QED) is 0.604. The normalized spacial score (nSPS) is 28.4. The first-order chi connectivity index (χ1) is 8.06. The summed E-state index contributed by atoms with van der Waals surface area (Å²) in [4.78, 5) is 10.6. The molecule has 1 N–H and O–H groups in total. The summed E-state index contributed by atoms with van der Waals surface area (Å²) in [5.41, 5.74) is 2.46. The summed E-state index contributed by atoms with van der Waals surface area (Å²) < 4.78 is 0. The first-order valence-electron chi connectivity index (χ1n) is 6.33. The molecule has 2 aliphatic rings. The maximum absolute atomic E-state index is 10.7. The number of hydrogen-bond acceptors (Lipinski definition) is 3. The van der Waals surface area contributed by atoms with Crippen LogP contribution in [0.2, 0.25) is 0 Å². The van der Waals surface area contributed by atoms with Crippen LogP contribution in [0.3, 0.4) is 0 Å². The number of nitrogens with one attached hydrogen (secondary N) is 1. The summed E-state index contributed by atoms with van der Waals surface area (Å²) in [5, 5.41) is 14.2. The molecule has 4 nitrogen and oxygen atoms in total. The van der Waals surface area contributed by atoms with Gasteiger partial charge in [0.25, 0.3) is 0 Å². The SMILES string of the molecule is CC(C)CC1CC2=CCC([N+](=O)[O-])C=C2CN1. The van der Waals surface area contributed by atoms with Crippen molar-refractivity contribution in [3.05, 3.63) is 33.4 Å². The first kappa shape index (κ1) is 12.3. The zero-order chi connectivity index (χ0) is 12.4. The largest absolute Gasteiger partial charge is 0.310 e. The van der Waals surface area contributed by atoms with Gasteiger partial charge in [0.1, 0.15) is 0 Å². The molecule has 2 atom stereocenters. The zero-order valence-corrected chi connectivity index (χ0v) is 10.5. The molecule has 2 unspecified atom stereocenters. The lowest BCUT2D eigenvalue weighted by Gasteiger charge is -2.31. The summed E-state index contributed by atoms with van der Waals surface area (Å²) in [6, 6.07) is 0.0164. The fourth-order valence-corrected chi connectivity index (χ4v) is 2.66. The lowest BCUT2D eigenvalue weighted by Crippen LogP contribution is -2.39. The minimum absolute atomic E-state index is 0.194. The topological polar surface area (TPSA) is 55.2 Å². The Morgan fingerprint density at radius 1 is 1.53 bits per heavy atom. The third-order valence-corrected chi connectivity index (χ3v) is 3.49. The van der Waals surface area contributed by atoms with E-state index in [1.54, 1.807) is 0 Å². The van der Waals surface area contributed by atoms with Crippen LogP contribution in [0, 0.1) is 16.0 Å². The van der Waals surface area contributed by atoms with E-state index in [0.29, 0.717) is 18.4 Å². The van der Waals surface area contributed by atoms with Gasteiger partial charge in [0.05, 0.1) is 0 Å². The fraction of sp³-hybridized carbons (Fsp3) is 0.692. The van der Waals surface area contributed by atoms with Crippen molar-refractivity contribution in [2.45, 2.75) is 45.2 Å². The minimum atomic E-state index is -0.516. The van der Waals surface area contributed by atoms with Crippen molar-refractivity contribution in [2.75, 3.05) is 6.54 Å². The molecule has 94 valence electrons. The van der Waals surface area contributed by atoms with Crippen LogP contribution < -0.4 is 5.32 Å². The van der Waals surface area contributed by atoms with Crippen LogP contribution in [0.25, 0.3) is 0 Å². The number of nitrogens with zero attached hydrogens (tertiary/aromatic N) is 1. The van der Waals surface area contributed by atoms with Crippen molar-refractivity contribution < 1.29 is 4.92 Å². The molecular formula is C13H20N2O2. The summed E-state index contributed by atoms with van der Waals surface area (Å²) in [5.74, 6) is 0.689. The van der Waals surface area contributed by atoms with Crippen LogP contribution in [-0.2, 0) is 0 Å². The molecule has 0 spiro atoms. The molecule has 1 fully saturated rings. The Hall–Kier alpha value is -1.16. The van der Waals surface area contributed by atoms with E-state index in [9.17, 15) is 10.1 Å². The molecular weight excluding hydrogens is 216 g/mol. The second-order valence-electron chi connectivity index (χ2n) is 5.42. The van der Waals surface area contributed by atoms with Gasteiger partial charge in [0.2, 0.25) is 6.04 Å². The number of fused-ring (bicyclic) bond motifs is 1. The van der Waals surface area contributed by atoms with E-state index >= 15 is 0 Å². The molecule has 0 bridgehead atoms. The second-order valence-corrected chi connectivity index (χ2v) is 5.42. The fourth-order valence-electron chi connectivity index (χ4n) is 2.66. The Morgan fingerprint density at radius 3 is 2.94 bits per heavy atom. The Balaban J connectivity index is 2.01. The van der Waals surface area contributed by atoms with Crippen molar-refractivity contribution in [2.24, 2.45) is 5.92 Å². The van der Waals surface area contributed by atoms with Gasteiger partial charge in [-0.2, -0.15) is 0 Å². The van der Waals surface area contributed by atoms with Gasteiger partial charge in [-0.3, -0.25) is 10.1 Å².